The van der Waals surface area contributed by atoms with Gasteiger partial charge >= 0.3 is 6.09 Å². The highest BCUT2D eigenvalue weighted by Crippen LogP contribution is 2.30. The summed E-state index contributed by atoms with van der Waals surface area (Å²) in [6.07, 6.45) is 0.730. The van der Waals surface area contributed by atoms with E-state index in [9.17, 15) is 4.79 Å². The standard InChI is InChI=1S/C11H7Cl3N2O2/c1-18-11(17)16-5-9(14)10(15-16)6-2-7(12)4-8(13)3-6/h2-5H,1H3. The lowest BCUT2D eigenvalue weighted by Crippen LogP contribution is -2.11. The third-order valence-corrected chi connectivity index (χ3v) is 2.88. The van der Waals surface area contributed by atoms with Crippen molar-refractivity contribution in [3.05, 3.63) is 39.5 Å². The maximum Gasteiger partial charge on any atom is 0.434 e. The SMILES string of the molecule is COC(=O)n1cc(Cl)c(-c2cc(Cl)cc(Cl)c2)n1. The Balaban J connectivity index is 2.50. The molecule has 94 valence electrons. The first kappa shape index (κ1) is 13.2. The summed E-state index contributed by atoms with van der Waals surface area (Å²) >= 11 is 17.8. The Morgan fingerprint density at radius 3 is 2.39 bits per heavy atom. The van der Waals surface area contributed by atoms with Crippen molar-refractivity contribution in [2.24, 2.45) is 0 Å². The van der Waals surface area contributed by atoms with Crippen molar-refractivity contribution in [3.63, 3.8) is 0 Å². The van der Waals surface area contributed by atoms with E-state index in [-0.39, 0.29) is 0 Å². The van der Waals surface area contributed by atoms with Crippen LogP contribution in [0.3, 0.4) is 0 Å². The van der Waals surface area contributed by atoms with E-state index in [1.165, 1.54) is 13.3 Å². The second-order valence-electron chi connectivity index (χ2n) is 3.40. The third-order valence-electron chi connectivity index (χ3n) is 2.17. The molecule has 4 nitrogen and oxygen atoms in total. The lowest BCUT2D eigenvalue weighted by molar-refractivity contribution is 0.169. The van der Waals surface area contributed by atoms with E-state index in [1.54, 1.807) is 18.2 Å². The average Bonchev–Trinajstić information content (AvgIpc) is 2.69. The van der Waals surface area contributed by atoms with E-state index in [0.29, 0.717) is 26.3 Å². The van der Waals surface area contributed by atoms with Gasteiger partial charge in [-0.1, -0.05) is 34.8 Å². The molecule has 0 fully saturated rings. The quantitative estimate of drug-likeness (QED) is 0.796. The highest BCUT2D eigenvalue weighted by molar-refractivity contribution is 6.36. The normalized spacial score (nSPS) is 10.4. The van der Waals surface area contributed by atoms with Gasteiger partial charge in [-0.2, -0.15) is 9.78 Å². The third kappa shape index (κ3) is 2.61. The van der Waals surface area contributed by atoms with Crippen molar-refractivity contribution in [3.8, 4) is 11.3 Å². The molecule has 1 aromatic carbocycles. The van der Waals surface area contributed by atoms with E-state index in [2.05, 4.69) is 9.84 Å². The number of nitrogens with zero attached hydrogens (tertiary/aromatic N) is 2. The molecule has 0 aliphatic heterocycles. The molecular weight excluding hydrogens is 298 g/mol. The Morgan fingerprint density at radius 1 is 1.22 bits per heavy atom. The number of hydrogen-bond donors (Lipinski definition) is 0. The minimum atomic E-state index is -0.628. The minimum absolute atomic E-state index is 0.304. The maximum atomic E-state index is 11.3. The Morgan fingerprint density at radius 2 is 1.83 bits per heavy atom. The molecule has 0 saturated heterocycles. The number of hydrogen-bond acceptors (Lipinski definition) is 3. The summed E-state index contributed by atoms with van der Waals surface area (Å²) in [5.74, 6) is 0. The zero-order valence-corrected chi connectivity index (χ0v) is 11.4. The van der Waals surface area contributed by atoms with Crippen molar-refractivity contribution in [2.75, 3.05) is 7.11 Å². The minimum Gasteiger partial charge on any atom is -0.451 e. The summed E-state index contributed by atoms with van der Waals surface area (Å²) in [4.78, 5) is 11.3. The number of aromatic nitrogens is 2. The summed E-state index contributed by atoms with van der Waals surface area (Å²) in [7, 11) is 1.26. The number of ether oxygens (including phenoxy) is 1. The number of carbonyl (C=O) groups excluding carboxylic acids is 1. The molecule has 1 aromatic heterocycles. The number of halogens is 3. The molecule has 0 aliphatic carbocycles. The topological polar surface area (TPSA) is 44.1 Å². The zero-order valence-electron chi connectivity index (χ0n) is 9.15. The van der Waals surface area contributed by atoms with Crippen LogP contribution in [0.5, 0.6) is 0 Å². The Kier molecular flexibility index (Phi) is 3.80. The molecule has 18 heavy (non-hydrogen) atoms. The molecule has 0 saturated carbocycles. The smallest absolute Gasteiger partial charge is 0.434 e. The van der Waals surface area contributed by atoms with Gasteiger partial charge in [-0.05, 0) is 18.2 Å². The van der Waals surface area contributed by atoms with E-state index in [1.807, 2.05) is 0 Å². The molecule has 0 bridgehead atoms. The predicted octanol–water partition coefficient (Wildman–Crippen LogP) is 4.12. The molecule has 0 spiro atoms. The molecule has 0 atom stereocenters. The fraction of sp³-hybridized carbons (Fsp3) is 0.0909. The van der Waals surface area contributed by atoms with E-state index in [4.69, 9.17) is 34.8 Å². The van der Waals surface area contributed by atoms with Crippen LogP contribution in [-0.4, -0.2) is 23.0 Å². The average molecular weight is 306 g/mol. The monoisotopic (exact) mass is 304 g/mol. The molecular formula is C11H7Cl3N2O2. The number of rotatable bonds is 1. The first-order valence-electron chi connectivity index (χ1n) is 4.81. The molecule has 0 amide bonds. The Labute approximate surface area is 118 Å². The highest BCUT2D eigenvalue weighted by Gasteiger charge is 2.14. The van der Waals surface area contributed by atoms with Crippen LogP contribution in [0.15, 0.2) is 24.4 Å². The van der Waals surface area contributed by atoms with Gasteiger partial charge in [0.05, 0.1) is 18.3 Å². The van der Waals surface area contributed by atoms with E-state index in [0.717, 1.165) is 4.68 Å². The van der Waals surface area contributed by atoms with Crippen molar-refractivity contribution in [2.45, 2.75) is 0 Å². The largest absolute Gasteiger partial charge is 0.451 e. The van der Waals surface area contributed by atoms with Gasteiger partial charge in [-0.25, -0.2) is 4.79 Å². The molecule has 2 aromatic rings. The summed E-state index contributed by atoms with van der Waals surface area (Å²) in [6, 6.07) is 4.91. The number of benzene rings is 1. The Hall–Kier alpha value is -1.23. The van der Waals surface area contributed by atoms with Crippen molar-refractivity contribution in [1.82, 2.24) is 9.78 Å². The maximum absolute atomic E-state index is 11.3. The van der Waals surface area contributed by atoms with Gasteiger partial charge in [0.2, 0.25) is 0 Å². The second-order valence-corrected chi connectivity index (χ2v) is 4.68. The van der Waals surface area contributed by atoms with Gasteiger partial charge in [-0.15, -0.1) is 0 Å². The van der Waals surface area contributed by atoms with Crippen LogP contribution < -0.4 is 0 Å². The predicted molar refractivity (Wildman–Crippen MR) is 70.5 cm³/mol. The van der Waals surface area contributed by atoms with Crippen LogP contribution in [0.2, 0.25) is 15.1 Å². The number of methoxy groups -OCH3 is 1. The van der Waals surface area contributed by atoms with Gasteiger partial charge in [0.25, 0.3) is 0 Å². The van der Waals surface area contributed by atoms with Gasteiger partial charge in [0, 0.05) is 15.6 Å². The zero-order chi connectivity index (χ0) is 13.3. The molecule has 1 heterocycles. The van der Waals surface area contributed by atoms with Crippen LogP contribution in [0.1, 0.15) is 0 Å². The first-order valence-corrected chi connectivity index (χ1v) is 5.94. The molecule has 7 heteroatoms. The molecule has 0 unspecified atom stereocenters. The summed E-state index contributed by atoms with van der Waals surface area (Å²) in [6.45, 7) is 0. The second kappa shape index (κ2) is 5.18. The molecule has 0 N–H and O–H groups in total. The van der Waals surface area contributed by atoms with Crippen molar-refractivity contribution in [1.29, 1.82) is 0 Å². The van der Waals surface area contributed by atoms with E-state index >= 15 is 0 Å². The summed E-state index contributed by atoms with van der Waals surface area (Å²) in [5.41, 5.74) is 1.03. The number of carbonyl (C=O) groups is 1. The van der Waals surface area contributed by atoms with Crippen LogP contribution in [0, 0.1) is 0 Å². The van der Waals surface area contributed by atoms with Gasteiger partial charge in [-0.3, -0.25) is 0 Å². The Bertz CT molecular complexity index is 590. The van der Waals surface area contributed by atoms with Gasteiger partial charge < -0.3 is 4.74 Å². The first-order chi connectivity index (χ1) is 8.51. The van der Waals surface area contributed by atoms with Gasteiger partial charge in [0.1, 0.15) is 5.69 Å². The van der Waals surface area contributed by atoms with Crippen molar-refractivity contribution >= 4 is 40.9 Å². The highest BCUT2D eigenvalue weighted by atomic mass is 35.5. The van der Waals surface area contributed by atoms with Crippen LogP contribution in [0.25, 0.3) is 11.3 Å². The molecule has 0 aliphatic rings. The lowest BCUT2D eigenvalue weighted by Gasteiger charge is -2.00. The van der Waals surface area contributed by atoms with Crippen LogP contribution in [0.4, 0.5) is 4.79 Å². The summed E-state index contributed by atoms with van der Waals surface area (Å²) in [5, 5.41) is 5.25. The van der Waals surface area contributed by atoms with E-state index < -0.39 is 6.09 Å². The van der Waals surface area contributed by atoms with Gasteiger partial charge in [0.15, 0.2) is 0 Å². The summed E-state index contributed by atoms with van der Waals surface area (Å²) < 4.78 is 5.55. The lowest BCUT2D eigenvalue weighted by atomic mass is 10.1. The van der Waals surface area contributed by atoms with Crippen LogP contribution >= 0.6 is 34.8 Å². The van der Waals surface area contributed by atoms with Crippen LogP contribution in [-0.2, 0) is 4.74 Å². The van der Waals surface area contributed by atoms with Crippen molar-refractivity contribution < 1.29 is 9.53 Å². The molecule has 0 radical (unpaired) electrons. The fourth-order valence-electron chi connectivity index (χ4n) is 1.43. The fourth-order valence-corrected chi connectivity index (χ4v) is 2.19. The molecule has 2 rings (SSSR count).